The molecule has 0 radical (unpaired) electrons. The lowest BCUT2D eigenvalue weighted by molar-refractivity contribution is -0.129. The minimum Gasteiger partial charge on any atom is -0.318 e. The van der Waals surface area contributed by atoms with Gasteiger partial charge in [0.25, 0.3) is 0 Å². The molecular weight excluding hydrogens is 276 g/mol. The minimum absolute atomic E-state index is 0.0190. The third kappa shape index (κ3) is 3.27. The van der Waals surface area contributed by atoms with Crippen LogP contribution in [-0.2, 0) is 4.79 Å². The van der Waals surface area contributed by atoms with Crippen molar-refractivity contribution < 1.29 is 4.79 Å². The number of hydrogen-bond donors (Lipinski definition) is 1. The molecule has 5 heteroatoms. The summed E-state index contributed by atoms with van der Waals surface area (Å²) in [6.45, 7) is 2.55. The van der Waals surface area contributed by atoms with E-state index in [0.29, 0.717) is 6.54 Å². The predicted molar refractivity (Wildman–Crippen MR) is 83.7 cm³/mol. The van der Waals surface area contributed by atoms with Crippen LogP contribution in [0.2, 0.25) is 0 Å². The molecule has 1 heterocycles. The molecule has 0 saturated carbocycles. The Bertz CT molecular complexity index is 436. The van der Waals surface area contributed by atoms with E-state index in [1.165, 1.54) is 4.90 Å². The van der Waals surface area contributed by atoms with Crippen LogP contribution in [0.4, 0.5) is 0 Å². The first-order valence-electron chi connectivity index (χ1n) is 6.34. The van der Waals surface area contributed by atoms with E-state index in [1.54, 1.807) is 23.5 Å². The van der Waals surface area contributed by atoms with Crippen LogP contribution in [0.3, 0.4) is 0 Å². The molecule has 1 saturated heterocycles. The monoisotopic (exact) mass is 296 g/mol. The highest BCUT2D eigenvalue weighted by atomic mass is 32.2. The molecule has 1 aliphatic heterocycles. The van der Waals surface area contributed by atoms with Gasteiger partial charge in [-0.2, -0.15) is 11.8 Å². The zero-order valence-electron chi connectivity index (χ0n) is 11.6. The third-order valence-electron chi connectivity index (χ3n) is 3.33. The van der Waals surface area contributed by atoms with Gasteiger partial charge in [0.1, 0.15) is 6.17 Å². The Morgan fingerprint density at radius 1 is 1.37 bits per heavy atom. The summed E-state index contributed by atoms with van der Waals surface area (Å²) in [5, 5.41) is 3.31. The molecule has 0 bridgehead atoms. The first kappa shape index (κ1) is 14.8. The molecule has 0 aromatic heterocycles. The van der Waals surface area contributed by atoms with E-state index < -0.39 is 0 Å². The summed E-state index contributed by atoms with van der Waals surface area (Å²) in [6, 6.07) is 8.70. The van der Waals surface area contributed by atoms with Crippen molar-refractivity contribution in [3.63, 3.8) is 0 Å². The quantitative estimate of drug-likeness (QED) is 0.847. The summed E-state index contributed by atoms with van der Waals surface area (Å²) in [6.07, 6.45) is 4.16. The number of rotatable bonds is 5. The Balaban J connectivity index is 2.19. The summed E-state index contributed by atoms with van der Waals surface area (Å²) >= 11 is 3.51. The van der Waals surface area contributed by atoms with Crippen molar-refractivity contribution >= 4 is 29.4 Å². The Morgan fingerprint density at radius 3 is 2.63 bits per heavy atom. The minimum atomic E-state index is 0.0190. The molecule has 19 heavy (non-hydrogen) atoms. The zero-order chi connectivity index (χ0) is 13.8. The van der Waals surface area contributed by atoms with E-state index in [0.717, 1.165) is 11.3 Å². The average Bonchev–Trinajstić information content (AvgIpc) is 2.81. The van der Waals surface area contributed by atoms with Crippen LogP contribution < -0.4 is 5.32 Å². The maximum absolute atomic E-state index is 12.0. The Kier molecular flexibility index (Phi) is 5.19. The second-order valence-electron chi connectivity index (χ2n) is 4.66. The molecule has 1 N–H and O–H groups in total. The fourth-order valence-corrected chi connectivity index (χ4v) is 3.46. The van der Waals surface area contributed by atoms with E-state index in [2.05, 4.69) is 49.0 Å². The lowest BCUT2D eigenvalue weighted by atomic mass is 10.1. The van der Waals surface area contributed by atoms with E-state index >= 15 is 0 Å². The highest BCUT2D eigenvalue weighted by Crippen LogP contribution is 2.27. The molecule has 1 aromatic rings. The number of carbonyl (C=O) groups is 1. The normalized spacial score (nSPS) is 20.9. The summed E-state index contributed by atoms with van der Waals surface area (Å²) in [5.41, 5.74) is 1.16. The molecule has 0 aliphatic carbocycles. The van der Waals surface area contributed by atoms with Crippen molar-refractivity contribution in [2.75, 3.05) is 24.8 Å². The Labute approximate surface area is 123 Å². The van der Waals surface area contributed by atoms with Crippen molar-refractivity contribution in [2.45, 2.75) is 24.0 Å². The second kappa shape index (κ2) is 6.68. The fraction of sp³-hybridized carbons (Fsp3) is 0.500. The number of carbonyl (C=O) groups excluding carboxylic acids is 1. The highest BCUT2D eigenvalue weighted by molar-refractivity contribution is 7.98. The van der Waals surface area contributed by atoms with Gasteiger partial charge in [-0.1, -0.05) is 12.1 Å². The summed E-state index contributed by atoms with van der Waals surface area (Å²) in [7, 11) is 0. The first-order chi connectivity index (χ1) is 9.17. The fourth-order valence-electron chi connectivity index (χ4n) is 2.40. The maximum atomic E-state index is 12.0. The van der Waals surface area contributed by atoms with Gasteiger partial charge in [0.2, 0.25) is 5.91 Å². The highest BCUT2D eigenvalue weighted by Gasteiger charge is 2.34. The van der Waals surface area contributed by atoms with Crippen LogP contribution in [0.25, 0.3) is 0 Å². The predicted octanol–water partition coefficient (Wildman–Crippen LogP) is 2.59. The zero-order valence-corrected chi connectivity index (χ0v) is 13.2. The van der Waals surface area contributed by atoms with E-state index in [4.69, 9.17) is 0 Å². The number of benzene rings is 1. The maximum Gasteiger partial charge on any atom is 0.238 e. The van der Waals surface area contributed by atoms with E-state index in [-0.39, 0.29) is 18.1 Å². The smallest absolute Gasteiger partial charge is 0.238 e. The van der Waals surface area contributed by atoms with Gasteiger partial charge in [0.05, 0.1) is 6.54 Å². The van der Waals surface area contributed by atoms with Gasteiger partial charge < -0.3 is 4.90 Å². The lowest BCUT2D eigenvalue weighted by Crippen LogP contribution is -2.39. The summed E-state index contributed by atoms with van der Waals surface area (Å²) in [4.78, 5) is 15.3. The van der Waals surface area contributed by atoms with Crippen LogP contribution in [0.15, 0.2) is 29.2 Å². The van der Waals surface area contributed by atoms with Gasteiger partial charge >= 0.3 is 0 Å². The van der Waals surface area contributed by atoms with Gasteiger partial charge in [0, 0.05) is 16.7 Å². The van der Waals surface area contributed by atoms with Gasteiger partial charge in [-0.25, -0.2) is 0 Å². The SMILES string of the molecule is CSCC(C)N1C(=O)CNC1c1ccc(SC)cc1. The van der Waals surface area contributed by atoms with Gasteiger partial charge in [-0.05, 0) is 37.1 Å². The molecule has 104 valence electrons. The molecule has 1 amide bonds. The number of thioether (sulfide) groups is 2. The second-order valence-corrected chi connectivity index (χ2v) is 6.45. The van der Waals surface area contributed by atoms with Crippen molar-refractivity contribution in [1.29, 1.82) is 0 Å². The summed E-state index contributed by atoms with van der Waals surface area (Å²) < 4.78 is 0. The molecule has 0 spiro atoms. The molecule has 1 aromatic carbocycles. The van der Waals surface area contributed by atoms with Gasteiger partial charge in [-0.3, -0.25) is 10.1 Å². The van der Waals surface area contributed by atoms with Crippen LogP contribution in [-0.4, -0.2) is 41.7 Å². The Morgan fingerprint density at radius 2 is 2.05 bits per heavy atom. The topological polar surface area (TPSA) is 32.3 Å². The molecule has 2 unspecified atom stereocenters. The first-order valence-corrected chi connectivity index (χ1v) is 8.96. The Hall–Kier alpha value is -0.650. The number of nitrogens with one attached hydrogen (secondary N) is 1. The molecular formula is C14H20N2OS2. The van der Waals surface area contributed by atoms with E-state index in [1.807, 2.05) is 4.90 Å². The third-order valence-corrected chi connectivity index (χ3v) is 4.89. The molecule has 2 rings (SSSR count). The standard InChI is InChI=1S/C14H20N2OS2/c1-10(9-18-2)16-13(17)8-15-14(16)11-4-6-12(19-3)7-5-11/h4-7,10,14-15H,8-9H2,1-3H3. The molecule has 3 nitrogen and oxygen atoms in total. The molecule has 1 fully saturated rings. The lowest BCUT2D eigenvalue weighted by Gasteiger charge is -2.30. The van der Waals surface area contributed by atoms with Crippen molar-refractivity contribution in [2.24, 2.45) is 0 Å². The van der Waals surface area contributed by atoms with Crippen molar-refractivity contribution in [3.8, 4) is 0 Å². The summed E-state index contributed by atoms with van der Waals surface area (Å²) in [5.74, 6) is 1.16. The number of amides is 1. The van der Waals surface area contributed by atoms with Gasteiger partial charge in [-0.15, -0.1) is 11.8 Å². The van der Waals surface area contributed by atoms with Crippen LogP contribution in [0, 0.1) is 0 Å². The number of hydrogen-bond acceptors (Lipinski definition) is 4. The van der Waals surface area contributed by atoms with Crippen LogP contribution in [0.1, 0.15) is 18.7 Å². The molecule has 2 atom stereocenters. The van der Waals surface area contributed by atoms with Crippen molar-refractivity contribution in [1.82, 2.24) is 10.2 Å². The number of nitrogens with zero attached hydrogens (tertiary/aromatic N) is 1. The van der Waals surface area contributed by atoms with Crippen LogP contribution >= 0.6 is 23.5 Å². The average molecular weight is 296 g/mol. The van der Waals surface area contributed by atoms with Crippen molar-refractivity contribution in [3.05, 3.63) is 29.8 Å². The van der Waals surface area contributed by atoms with E-state index in [9.17, 15) is 4.79 Å². The van der Waals surface area contributed by atoms with Crippen LogP contribution in [0.5, 0.6) is 0 Å². The van der Waals surface area contributed by atoms with Gasteiger partial charge in [0.15, 0.2) is 0 Å². The largest absolute Gasteiger partial charge is 0.318 e. The molecule has 1 aliphatic rings.